The molecule has 0 aliphatic carbocycles. The normalized spacial score (nSPS) is 12.3. The number of nitrogens with zero attached hydrogens (tertiary/aromatic N) is 1. The van der Waals surface area contributed by atoms with Crippen molar-refractivity contribution < 1.29 is 14.3 Å². The molecule has 0 saturated heterocycles. The summed E-state index contributed by atoms with van der Waals surface area (Å²) in [5.74, 6) is 0.481. The Labute approximate surface area is 225 Å². The van der Waals surface area contributed by atoms with Crippen molar-refractivity contribution >= 4 is 23.7 Å². The van der Waals surface area contributed by atoms with E-state index in [9.17, 15) is 9.59 Å². The molecular formula is C31H38N4O3. The van der Waals surface area contributed by atoms with Crippen LogP contribution >= 0.6 is 0 Å². The highest BCUT2D eigenvalue weighted by Crippen LogP contribution is 2.23. The summed E-state index contributed by atoms with van der Waals surface area (Å²) in [5, 5.41) is 11.7. The summed E-state index contributed by atoms with van der Waals surface area (Å²) in [5.41, 5.74) is 9.47. The highest BCUT2D eigenvalue weighted by Gasteiger charge is 2.18. The lowest BCUT2D eigenvalue weighted by molar-refractivity contribution is -0.120. The number of carbonyl (C=O) groups excluding carboxylic acids is 2. The first-order valence-corrected chi connectivity index (χ1v) is 13.1. The van der Waals surface area contributed by atoms with Gasteiger partial charge < -0.3 is 20.7 Å². The van der Waals surface area contributed by atoms with Crippen molar-refractivity contribution in [1.29, 1.82) is 5.41 Å². The second kappa shape index (κ2) is 14.0. The van der Waals surface area contributed by atoms with Gasteiger partial charge in [0.2, 0.25) is 6.41 Å². The minimum absolute atomic E-state index is 0.0312. The number of hydrogen-bond acceptors (Lipinski definition) is 5. The second-order valence-corrected chi connectivity index (χ2v) is 9.45. The van der Waals surface area contributed by atoms with Gasteiger partial charge in [-0.3, -0.25) is 15.0 Å². The summed E-state index contributed by atoms with van der Waals surface area (Å²) in [7, 11) is 0. The van der Waals surface area contributed by atoms with E-state index in [0.717, 1.165) is 37.8 Å². The fraction of sp³-hybridized carbons (Fsp3) is 0.323. The first-order chi connectivity index (χ1) is 18.4. The number of carbonyl (C=O) groups is 2. The number of hydrogen-bond donors (Lipinski definition) is 3. The van der Waals surface area contributed by atoms with Gasteiger partial charge in [-0.15, -0.1) is 0 Å². The van der Waals surface area contributed by atoms with Crippen LogP contribution in [-0.4, -0.2) is 41.6 Å². The van der Waals surface area contributed by atoms with Gasteiger partial charge in [-0.2, -0.15) is 0 Å². The predicted molar refractivity (Wildman–Crippen MR) is 153 cm³/mol. The molecule has 0 spiro atoms. The van der Waals surface area contributed by atoms with E-state index in [4.69, 9.17) is 15.9 Å². The first kappa shape index (κ1) is 28.4. The lowest BCUT2D eigenvalue weighted by atomic mass is 9.98. The molecule has 2 amide bonds. The number of rotatable bonds is 14. The van der Waals surface area contributed by atoms with E-state index >= 15 is 0 Å². The number of nitrogens with two attached hydrogens (primary N) is 1. The van der Waals surface area contributed by atoms with Crippen LogP contribution in [-0.2, 0) is 11.3 Å². The monoisotopic (exact) mass is 514 g/mol. The van der Waals surface area contributed by atoms with Crippen LogP contribution in [0.25, 0.3) is 0 Å². The molecule has 2 unspecified atom stereocenters. The Morgan fingerprint density at radius 2 is 1.74 bits per heavy atom. The molecular weight excluding hydrogens is 476 g/mol. The third-order valence-corrected chi connectivity index (χ3v) is 6.57. The van der Waals surface area contributed by atoms with E-state index in [-0.39, 0.29) is 23.8 Å². The van der Waals surface area contributed by atoms with Gasteiger partial charge in [0.1, 0.15) is 11.9 Å². The van der Waals surface area contributed by atoms with Crippen LogP contribution in [0.2, 0.25) is 0 Å². The molecule has 0 fully saturated rings. The number of benzene rings is 3. The predicted octanol–water partition coefficient (Wildman–Crippen LogP) is 5.42. The zero-order valence-electron chi connectivity index (χ0n) is 22.4. The van der Waals surface area contributed by atoms with E-state index < -0.39 is 0 Å². The Kier molecular flexibility index (Phi) is 10.5. The summed E-state index contributed by atoms with van der Waals surface area (Å²) in [6.07, 6.45) is 3.35. The maximum atomic E-state index is 12.7. The van der Waals surface area contributed by atoms with Crippen molar-refractivity contribution in [3.05, 3.63) is 95.1 Å². The molecule has 0 radical (unpaired) electrons. The van der Waals surface area contributed by atoms with Crippen LogP contribution < -0.4 is 15.8 Å². The molecule has 3 aromatic rings. The fourth-order valence-electron chi connectivity index (χ4n) is 4.29. The van der Waals surface area contributed by atoms with Gasteiger partial charge in [0.15, 0.2) is 0 Å². The molecule has 3 aromatic carbocycles. The molecule has 0 saturated carbocycles. The molecule has 38 heavy (non-hydrogen) atoms. The molecule has 0 aliphatic rings. The summed E-state index contributed by atoms with van der Waals surface area (Å²) in [4.78, 5) is 25.9. The summed E-state index contributed by atoms with van der Waals surface area (Å²) in [6.45, 7) is 7.32. The molecule has 200 valence electrons. The standard InChI is InChI=1S/C31H38N4O3/c1-4-17-35(21-36)22(3)18-26(5-2)38-27-14-11-24(12-15-27)30(33)28-19-25(13-16-29(28)32)31(37)34-20-23-9-7-6-8-10-23/h6-16,19,21-22,26,33H,4-5,17-18,20,32H2,1-3H3,(H,34,37). The molecule has 3 rings (SSSR count). The Hall–Kier alpha value is -4.13. The van der Waals surface area contributed by atoms with Crippen LogP contribution in [0.1, 0.15) is 67.1 Å². The topological polar surface area (TPSA) is 109 Å². The van der Waals surface area contributed by atoms with Crippen molar-refractivity contribution in [1.82, 2.24) is 10.2 Å². The quantitative estimate of drug-likeness (QED) is 0.152. The second-order valence-electron chi connectivity index (χ2n) is 9.45. The number of anilines is 1. The largest absolute Gasteiger partial charge is 0.490 e. The van der Waals surface area contributed by atoms with E-state index in [1.807, 2.05) is 66.4 Å². The van der Waals surface area contributed by atoms with Crippen LogP contribution in [0.3, 0.4) is 0 Å². The smallest absolute Gasteiger partial charge is 0.251 e. The maximum Gasteiger partial charge on any atom is 0.251 e. The van der Waals surface area contributed by atoms with Gasteiger partial charge in [-0.25, -0.2) is 0 Å². The molecule has 4 N–H and O–H groups in total. The third-order valence-electron chi connectivity index (χ3n) is 6.57. The average Bonchev–Trinajstić information content (AvgIpc) is 2.95. The fourth-order valence-corrected chi connectivity index (χ4v) is 4.29. The highest BCUT2D eigenvalue weighted by atomic mass is 16.5. The molecule has 7 heteroatoms. The number of amides is 2. The van der Waals surface area contributed by atoms with Crippen molar-refractivity contribution in [2.75, 3.05) is 12.3 Å². The van der Waals surface area contributed by atoms with Crippen molar-refractivity contribution in [2.24, 2.45) is 0 Å². The summed E-state index contributed by atoms with van der Waals surface area (Å²) < 4.78 is 6.19. The third kappa shape index (κ3) is 7.68. The van der Waals surface area contributed by atoms with Crippen LogP contribution in [0.15, 0.2) is 72.8 Å². The Morgan fingerprint density at radius 3 is 2.37 bits per heavy atom. The molecule has 0 heterocycles. The summed E-state index contributed by atoms with van der Waals surface area (Å²) >= 11 is 0. The maximum absolute atomic E-state index is 12.7. The van der Waals surface area contributed by atoms with Crippen LogP contribution in [0.4, 0.5) is 5.69 Å². The van der Waals surface area contributed by atoms with E-state index in [1.54, 1.807) is 18.2 Å². The van der Waals surface area contributed by atoms with Crippen LogP contribution in [0, 0.1) is 5.41 Å². The minimum atomic E-state index is -0.224. The SMILES string of the molecule is CCCN(C=O)C(C)CC(CC)Oc1ccc(C(=N)c2cc(C(=O)NCc3ccccc3)ccc2N)cc1. The minimum Gasteiger partial charge on any atom is -0.490 e. The molecule has 0 aromatic heterocycles. The lowest BCUT2D eigenvalue weighted by Gasteiger charge is -2.28. The molecule has 2 atom stereocenters. The Morgan fingerprint density at radius 1 is 1.05 bits per heavy atom. The first-order valence-electron chi connectivity index (χ1n) is 13.1. The Bertz CT molecular complexity index is 1210. The molecule has 0 aliphatic heterocycles. The number of nitrogens with one attached hydrogen (secondary N) is 2. The number of ether oxygens (including phenoxy) is 1. The van der Waals surface area contributed by atoms with E-state index in [2.05, 4.69) is 19.2 Å². The van der Waals surface area contributed by atoms with Crippen molar-refractivity contribution in [2.45, 2.75) is 58.7 Å². The van der Waals surface area contributed by atoms with Gasteiger partial charge in [-0.1, -0.05) is 44.2 Å². The van der Waals surface area contributed by atoms with Gasteiger partial charge >= 0.3 is 0 Å². The highest BCUT2D eigenvalue weighted by molar-refractivity contribution is 6.14. The number of nitrogen functional groups attached to an aromatic ring is 1. The van der Waals surface area contributed by atoms with Gasteiger partial charge in [-0.05, 0) is 67.8 Å². The van der Waals surface area contributed by atoms with E-state index in [0.29, 0.717) is 34.7 Å². The Balaban J connectivity index is 1.66. The lowest BCUT2D eigenvalue weighted by Crippen LogP contribution is -2.36. The van der Waals surface area contributed by atoms with Gasteiger partial charge in [0.05, 0.1) is 5.71 Å². The molecule has 7 nitrogen and oxygen atoms in total. The van der Waals surface area contributed by atoms with E-state index in [1.165, 1.54) is 0 Å². The summed E-state index contributed by atoms with van der Waals surface area (Å²) in [6, 6.07) is 22.1. The van der Waals surface area contributed by atoms with Crippen molar-refractivity contribution in [3.63, 3.8) is 0 Å². The van der Waals surface area contributed by atoms with Crippen molar-refractivity contribution in [3.8, 4) is 5.75 Å². The van der Waals surface area contributed by atoms with Crippen LogP contribution in [0.5, 0.6) is 5.75 Å². The average molecular weight is 515 g/mol. The zero-order valence-corrected chi connectivity index (χ0v) is 22.4. The zero-order chi connectivity index (χ0) is 27.5. The van der Waals surface area contributed by atoms with Gasteiger partial charge in [0, 0.05) is 47.9 Å². The molecule has 0 bridgehead atoms. The van der Waals surface area contributed by atoms with Gasteiger partial charge in [0.25, 0.3) is 5.91 Å².